The first-order valence-corrected chi connectivity index (χ1v) is 6.76. The van der Waals surface area contributed by atoms with Gasteiger partial charge in [0, 0.05) is 18.9 Å². The Morgan fingerprint density at radius 3 is 2.81 bits per heavy atom. The van der Waals surface area contributed by atoms with Gasteiger partial charge in [-0.15, -0.1) is 0 Å². The van der Waals surface area contributed by atoms with Crippen LogP contribution in [0.3, 0.4) is 0 Å². The Balaban J connectivity index is 2.40. The standard InChI is InChI=1S/C16H19N3O2/c1-4-21-16(20)13-8-9-18-15(14(13)17)19(3)12-7-5-6-11(2)10-12/h5-10H,4,17H2,1-3H3. The third kappa shape index (κ3) is 3.13. The molecule has 0 saturated heterocycles. The molecule has 2 rings (SSSR count). The number of rotatable bonds is 4. The van der Waals surface area contributed by atoms with Gasteiger partial charge in [-0.3, -0.25) is 0 Å². The van der Waals surface area contributed by atoms with E-state index in [1.807, 2.05) is 43.1 Å². The fraction of sp³-hybridized carbons (Fsp3) is 0.250. The van der Waals surface area contributed by atoms with Crippen LogP contribution in [0.4, 0.5) is 17.2 Å². The topological polar surface area (TPSA) is 68.5 Å². The van der Waals surface area contributed by atoms with Crippen molar-refractivity contribution < 1.29 is 9.53 Å². The second kappa shape index (κ2) is 6.26. The number of hydrogen-bond donors (Lipinski definition) is 1. The molecule has 2 N–H and O–H groups in total. The van der Waals surface area contributed by atoms with Crippen molar-refractivity contribution in [1.29, 1.82) is 0 Å². The summed E-state index contributed by atoms with van der Waals surface area (Å²) in [6.07, 6.45) is 1.56. The van der Waals surface area contributed by atoms with Gasteiger partial charge in [-0.05, 0) is 37.6 Å². The maximum atomic E-state index is 11.9. The number of esters is 1. The number of nitrogens with zero attached hydrogens (tertiary/aromatic N) is 2. The van der Waals surface area contributed by atoms with Crippen molar-refractivity contribution in [2.45, 2.75) is 13.8 Å². The molecule has 5 heteroatoms. The Kier molecular flexibility index (Phi) is 4.42. The van der Waals surface area contributed by atoms with Crippen molar-refractivity contribution in [1.82, 2.24) is 4.98 Å². The Bertz CT molecular complexity index is 656. The quantitative estimate of drug-likeness (QED) is 0.875. The second-order valence-corrected chi connectivity index (χ2v) is 4.71. The maximum Gasteiger partial charge on any atom is 0.340 e. The normalized spacial score (nSPS) is 10.2. The largest absolute Gasteiger partial charge is 0.462 e. The molecule has 0 atom stereocenters. The highest BCUT2D eigenvalue weighted by atomic mass is 16.5. The molecule has 5 nitrogen and oxygen atoms in total. The number of nitrogens with two attached hydrogens (primary N) is 1. The van der Waals surface area contributed by atoms with Gasteiger partial charge in [0.1, 0.15) is 0 Å². The van der Waals surface area contributed by atoms with Crippen LogP contribution in [-0.4, -0.2) is 24.6 Å². The van der Waals surface area contributed by atoms with E-state index in [1.54, 1.807) is 19.2 Å². The molecule has 0 amide bonds. The number of carbonyl (C=O) groups excluding carboxylic acids is 1. The summed E-state index contributed by atoms with van der Waals surface area (Å²) >= 11 is 0. The number of ether oxygens (including phenoxy) is 1. The van der Waals surface area contributed by atoms with E-state index in [4.69, 9.17) is 10.5 Å². The Morgan fingerprint density at radius 2 is 2.14 bits per heavy atom. The molecular formula is C16H19N3O2. The monoisotopic (exact) mass is 285 g/mol. The number of aromatic nitrogens is 1. The molecule has 0 unspecified atom stereocenters. The summed E-state index contributed by atoms with van der Waals surface area (Å²) in [7, 11) is 1.86. The summed E-state index contributed by atoms with van der Waals surface area (Å²) in [5.41, 5.74) is 8.83. The van der Waals surface area contributed by atoms with Crippen LogP contribution in [0.1, 0.15) is 22.8 Å². The van der Waals surface area contributed by atoms with Crippen LogP contribution in [0.5, 0.6) is 0 Å². The van der Waals surface area contributed by atoms with Gasteiger partial charge in [-0.2, -0.15) is 0 Å². The molecule has 21 heavy (non-hydrogen) atoms. The summed E-state index contributed by atoms with van der Waals surface area (Å²) in [6, 6.07) is 9.54. The van der Waals surface area contributed by atoms with Crippen molar-refractivity contribution in [2.75, 3.05) is 24.3 Å². The Labute approximate surface area is 124 Å². The Morgan fingerprint density at radius 1 is 1.38 bits per heavy atom. The van der Waals surface area contributed by atoms with Crippen LogP contribution in [0, 0.1) is 6.92 Å². The first-order chi connectivity index (χ1) is 10.0. The zero-order valence-corrected chi connectivity index (χ0v) is 12.5. The van der Waals surface area contributed by atoms with E-state index < -0.39 is 5.97 Å². The van der Waals surface area contributed by atoms with Crippen molar-refractivity contribution in [3.05, 3.63) is 47.7 Å². The molecule has 0 spiro atoms. The zero-order valence-electron chi connectivity index (χ0n) is 12.5. The van der Waals surface area contributed by atoms with Gasteiger partial charge in [-0.1, -0.05) is 12.1 Å². The van der Waals surface area contributed by atoms with Crippen LogP contribution < -0.4 is 10.6 Å². The molecule has 0 aliphatic heterocycles. The lowest BCUT2D eigenvalue weighted by molar-refractivity contribution is 0.0527. The van der Waals surface area contributed by atoms with Crippen LogP contribution in [0.25, 0.3) is 0 Å². The molecular weight excluding hydrogens is 266 g/mol. The number of carbonyl (C=O) groups is 1. The van der Waals surface area contributed by atoms with E-state index in [1.165, 1.54) is 0 Å². The summed E-state index contributed by atoms with van der Waals surface area (Å²) in [5.74, 6) is 0.0995. The highest BCUT2D eigenvalue weighted by molar-refractivity contribution is 5.98. The fourth-order valence-electron chi connectivity index (χ4n) is 2.08. The van der Waals surface area contributed by atoms with Gasteiger partial charge in [0.2, 0.25) is 0 Å². The Hall–Kier alpha value is -2.56. The predicted molar refractivity (Wildman–Crippen MR) is 83.8 cm³/mol. The van der Waals surface area contributed by atoms with Crippen LogP contribution >= 0.6 is 0 Å². The lowest BCUT2D eigenvalue weighted by atomic mass is 10.2. The molecule has 1 aromatic heterocycles. The predicted octanol–water partition coefficient (Wildman–Crippen LogP) is 2.92. The number of pyridine rings is 1. The van der Waals surface area contributed by atoms with Crippen molar-refractivity contribution in [3.8, 4) is 0 Å². The average Bonchev–Trinajstić information content (AvgIpc) is 2.47. The van der Waals surface area contributed by atoms with E-state index in [9.17, 15) is 4.79 Å². The molecule has 1 heterocycles. The van der Waals surface area contributed by atoms with Crippen LogP contribution in [0.2, 0.25) is 0 Å². The number of anilines is 3. The number of nitrogen functional groups attached to an aromatic ring is 1. The van der Waals surface area contributed by atoms with E-state index in [0.29, 0.717) is 23.7 Å². The lowest BCUT2D eigenvalue weighted by Gasteiger charge is -2.21. The number of benzene rings is 1. The molecule has 0 radical (unpaired) electrons. The molecule has 0 saturated carbocycles. The number of hydrogen-bond acceptors (Lipinski definition) is 5. The van der Waals surface area contributed by atoms with Gasteiger partial charge in [0.15, 0.2) is 5.82 Å². The molecule has 0 fully saturated rings. The first kappa shape index (κ1) is 14.8. The van der Waals surface area contributed by atoms with Crippen molar-refractivity contribution >= 4 is 23.2 Å². The average molecular weight is 285 g/mol. The lowest BCUT2D eigenvalue weighted by Crippen LogP contribution is -2.16. The molecule has 0 aliphatic carbocycles. The van der Waals surface area contributed by atoms with Gasteiger partial charge in [-0.25, -0.2) is 9.78 Å². The third-order valence-corrected chi connectivity index (χ3v) is 3.17. The van der Waals surface area contributed by atoms with Crippen molar-refractivity contribution in [3.63, 3.8) is 0 Å². The summed E-state index contributed by atoms with van der Waals surface area (Å²) in [6.45, 7) is 4.09. The minimum Gasteiger partial charge on any atom is -0.462 e. The molecule has 0 bridgehead atoms. The van der Waals surface area contributed by atoms with Gasteiger partial charge < -0.3 is 15.4 Å². The van der Waals surface area contributed by atoms with E-state index >= 15 is 0 Å². The van der Waals surface area contributed by atoms with Gasteiger partial charge in [0.25, 0.3) is 0 Å². The minimum atomic E-state index is -0.434. The maximum absolute atomic E-state index is 11.9. The van der Waals surface area contributed by atoms with Gasteiger partial charge in [0.05, 0.1) is 17.9 Å². The highest BCUT2D eigenvalue weighted by Gasteiger charge is 2.17. The minimum absolute atomic E-state index is 0.309. The zero-order chi connectivity index (χ0) is 15.4. The molecule has 110 valence electrons. The first-order valence-electron chi connectivity index (χ1n) is 6.76. The highest BCUT2D eigenvalue weighted by Crippen LogP contribution is 2.29. The number of aryl methyl sites for hydroxylation is 1. The smallest absolute Gasteiger partial charge is 0.340 e. The third-order valence-electron chi connectivity index (χ3n) is 3.17. The van der Waals surface area contributed by atoms with E-state index in [2.05, 4.69) is 4.98 Å². The van der Waals surface area contributed by atoms with Crippen LogP contribution in [0.15, 0.2) is 36.5 Å². The summed E-state index contributed by atoms with van der Waals surface area (Å²) in [5, 5.41) is 0. The SMILES string of the molecule is CCOC(=O)c1ccnc(N(C)c2cccc(C)c2)c1N. The molecule has 0 aliphatic rings. The van der Waals surface area contributed by atoms with Crippen molar-refractivity contribution in [2.24, 2.45) is 0 Å². The van der Waals surface area contributed by atoms with E-state index in [-0.39, 0.29) is 0 Å². The van der Waals surface area contributed by atoms with Crippen LogP contribution in [-0.2, 0) is 4.74 Å². The van der Waals surface area contributed by atoms with E-state index in [0.717, 1.165) is 11.3 Å². The summed E-state index contributed by atoms with van der Waals surface area (Å²) < 4.78 is 5.00. The molecule has 2 aromatic rings. The summed E-state index contributed by atoms with van der Waals surface area (Å²) in [4.78, 5) is 18.0. The second-order valence-electron chi connectivity index (χ2n) is 4.71. The molecule has 1 aromatic carbocycles. The van der Waals surface area contributed by atoms with Gasteiger partial charge >= 0.3 is 5.97 Å². The fourth-order valence-corrected chi connectivity index (χ4v) is 2.08.